The van der Waals surface area contributed by atoms with Gasteiger partial charge in [0.2, 0.25) is 0 Å². The van der Waals surface area contributed by atoms with Gasteiger partial charge in [-0.2, -0.15) is 13.2 Å². The SMILES string of the molecule is CN(Cc1nccn1C)C(=O)c1c(-c2ccc(Cl)cc2)cc(C(F)(F)F)n1Cc1ccccc1. The monoisotopic (exact) mass is 486 g/mol. The van der Waals surface area contributed by atoms with Crippen molar-refractivity contribution in [2.75, 3.05) is 7.05 Å². The summed E-state index contributed by atoms with van der Waals surface area (Å²) >= 11 is 5.99. The maximum absolute atomic E-state index is 14.2. The fourth-order valence-electron chi connectivity index (χ4n) is 3.81. The minimum Gasteiger partial charge on any atom is -0.337 e. The van der Waals surface area contributed by atoms with Gasteiger partial charge in [-0.25, -0.2) is 4.98 Å². The van der Waals surface area contributed by atoms with Gasteiger partial charge in [-0.1, -0.05) is 54.1 Å². The lowest BCUT2D eigenvalue weighted by Gasteiger charge is -2.21. The smallest absolute Gasteiger partial charge is 0.337 e. The zero-order valence-corrected chi connectivity index (χ0v) is 19.3. The quantitative estimate of drug-likeness (QED) is 0.341. The molecule has 2 aromatic heterocycles. The molecule has 0 unspecified atom stereocenters. The van der Waals surface area contributed by atoms with E-state index >= 15 is 0 Å². The van der Waals surface area contributed by atoms with Crippen LogP contribution in [0.1, 0.15) is 27.6 Å². The molecule has 4 aromatic rings. The highest BCUT2D eigenvalue weighted by Gasteiger charge is 2.39. The second kappa shape index (κ2) is 9.38. The lowest BCUT2D eigenvalue weighted by Crippen LogP contribution is -2.31. The summed E-state index contributed by atoms with van der Waals surface area (Å²) in [7, 11) is 3.34. The van der Waals surface area contributed by atoms with E-state index in [-0.39, 0.29) is 24.3 Å². The fraction of sp³-hybridized carbons (Fsp3) is 0.200. The molecule has 0 spiro atoms. The number of hydrogen-bond donors (Lipinski definition) is 0. The normalized spacial score (nSPS) is 11.6. The number of benzene rings is 2. The highest BCUT2D eigenvalue weighted by atomic mass is 35.5. The Morgan fingerprint density at radius 3 is 2.35 bits per heavy atom. The van der Waals surface area contributed by atoms with Gasteiger partial charge < -0.3 is 14.0 Å². The summed E-state index contributed by atoms with van der Waals surface area (Å²) in [5.74, 6) is 0.0699. The number of carbonyl (C=O) groups is 1. The van der Waals surface area contributed by atoms with Crippen LogP contribution in [-0.2, 0) is 26.3 Å². The van der Waals surface area contributed by atoms with Gasteiger partial charge in [-0.05, 0) is 29.3 Å². The van der Waals surface area contributed by atoms with Crippen molar-refractivity contribution >= 4 is 17.5 Å². The van der Waals surface area contributed by atoms with Gasteiger partial charge in [-0.15, -0.1) is 0 Å². The largest absolute Gasteiger partial charge is 0.431 e. The highest BCUT2D eigenvalue weighted by Crippen LogP contribution is 2.38. The number of halogens is 4. The van der Waals surface area contributed by atoms with Crippen molar-refractivity contribution in [3.05, 3.63) is 101 Å². The van der Waals surface area contributed by atoms with Gasteiger partial charge >= 0.3 is 6.18 Å². The summed E-state index contributed by atoms with van der Waals surface area (Å²) in [5, 5.41) is 0.447. The molecular formula is C25H22ClF3N4O. The van der Waals surface area contributed by atoms with Crippen molar-refractivity contribution in [2.24, 2.45) is 7.05 Å². The van der Waals surface area contributed by atoms with Crippen LogP contribution in [0.5, 0.6) is 0 Å². The van der Waals surface area contributed by atoms with Crippen molar-refractivity contribution in [1.82, 2.24) is 19.0 Å². The summed E-state index contributed by atoms with van der Waals surface area (Å²) < 4.78 is 45.3. The Balaban J connectivity index is 1.88. The topological polar surface area (TPSA) is 43.1 Å². The Hall–Kier alpha value is -3.52. The van der Waals surface area contributed by atoms with Crippen LogP contribution >= 0.6 is 11.6 Å². The van der Waals surface area contributed by atoms with Crippen molar-refractivity contribution in [3.63, 3.8) is 0 Å². The highest BCUT2D eigenvalue weighted by molar-refractivity contribution is 6.30. The predicted molar refractivity (Wildman–Crippen MR) is 124 cm³/mol. The zero-order chi connectivity index (χ0) is 24.5. The molecule has 0 aliphatic carbocycles. The van der Waals surface area contributed by atoms with Gasteiger partial charge in [0.1, 0.15) is 17.2 Å². The van der Waals surface area contributed by atoms with E-state index in [2.05, 4.69) is 4.98 Å². The van der Waals surface area contributed by atoms with Gasteiger partial charge in [0.25, 0.3) is 5.91 Å². The Kier molecular flexibility index (Phi) is 6.52. The molecule has 9 heteroatoms. The molecule has 0 aliphatic rings. The number of amides is 1. The average molecular weight is 487 g/mol. The van der Waals surface area contributed by atoms with Crippen molar-refractivity contribution in [3.8, 4) is 11.1 Å². The van der Waals surface area contributed by atoms with E-state index in [0.717, 1.165) is 10.6 Å². The summed E-state index contributed by atoms with van der Waals surface area (Å²) in [5.41, 5.74) is 0.365. The molecule has 34 heavy (non-hydrogen) atoms. The first kappa shape index (κ1) is 23.6. The Morgan fingerprint density at radius 1 is 1.09 bits per heavy atom. The van der Waals surface area contributed by atoms with E-state index < -0.39 is 17.8 Å². The summed E-state index contributed by atoms with van der Waals surface area (Å²) in [4.78, 5) is 19.3. The number of alkyl halides is 3. The number of carbonyl (C=O) groups excluding carboxylic acids is 1. The first-order chi connectivity index (χ1) is 16.1. The van der Waals surface area contributed by atoms with Crippen molar-refractivity contribution < 1.29 is 18.0 Å². The van der Waals surface area contributed by atoms with Gasteiger partial charge in [-0.3, -0.25) is 4.79 Å². The summed E-state index contributed by atoms with van der Waals surface area (Å²) in [6.45, 7) is 0.0286. The molecule has 0 bridgehead atoms. The minimum atomic E-state index is -4.66. The van der Waals surface area contributed by atoms with Gasteiger partial charge in [0.15, 0.2) is 0 Å². The van der Waals surface area contributed by atoms with E-state index in [0.29, 0.717) is 22.0 Å². The predicted octanol–water partition coefficient (Wildman–Crippen LogP) is 5.88. The number of nitrogens with zero attached hydrogens (tertiary/aromatic N) is 4. The van der Waals surface area contributed by atoms with E-state index in [9.17, 15) is 18.0 Å². The lowest BCUT2D eigenvalue weighted by molar-refractivity contribution is -0.143. The number of aryl methyl sites for hydroxylation is 1. The molecule has 1 amide bonds. The maximum atomic E-state index is 14.2. The third-order valence-corrected chi connectivity index (χ3v) is 5.83. The molecule has 0 atom stereocenters. The Bertz CT molecular complexity index is 1290. The summed E-state index contributed by atoms with van der Waals surface area (Å²) in [6, 6.07) is 16.2. The van der Waals surface area contributed by atoms with E-state index in [1.54, 1.807) is 85.7 Å². The van der Waals surface area contributed by atoms with Crippen LogP contribution in [0.15, 0.2) is 73.1 Å². The van der Waals surface area contributed by atoms with Gasteiger partial charge in [0.05, 0.1) is 6.54 Å². The molecule has 4 rings (SSSR count). The lowest BCUT2D eigenvalue weighted by atomic mass is 10.0. The molecule has 0 aliphatic heterocycles. The first-order valence-electron chi connectivity index (χ1n) is 10.5. The molecule has 0 radical (unpaired) electrons. The minimum absolute atomic E-state index is 0.0461. The molecule has 0 fully saturated rings. The molecule has 5 nitrogen and oxygen atoms in total. The van der Waals surface area contributed by atoms with Crippen molar-refractivity contribution in [1.29, 1.82) is 0 Å². The maximum Gasteiger partial charge on any atom is 0.431 e. The average Bonchev–Trinajstić information content (AvgIpc) is 3.38. The summed E-state index contributed by atoms with van der Waals surface area (Å²) in [6.07, 6.45) is -1.31. The van der Waals surface area contributed by atoms with Crippen LogP contribution in [0.3, 0.4) is 0 Å². The molecular weight excluding hydrogens is 465 g/mol. The Labute approximate surface area is 200 Å². The number of imidazole rings is 1. The van der Waals surface area contributed by atoms with E-state index in [1.165, 1.54) is 4.90 Å². The molecule has 0 saturated heterocycles. The molecule has 0 N–H and O–H groups in total. The molecule has 0 saturated carbocycles. The zero-order valence-electron chi connectivity index (χ0n) is 18.6. The third-order valence-electron chi connectivity index (χ3n) is 5.57. The number of aromatic nitrogens is 3. The second-order valence-corrected chi connectivity index (χ2v) is 8.42. The second-order valence-electron chi connectivity index (χ2n) is 7.98. The van der Waals surface area contributed by atoms with Crippen molar-refractivity contribution in [2.45, 2.75) is 19.3 Å². The third kappa shape index (κ3) is 4.87. The standard InChI is InChI=1S/C25H22ClF3N4O/c1-31-13-12-30-22(31)16-32(2)24(34)23-20(18-8-10-19(26)11-9-18)14-21(25(27,28)29)33(23)15-17-6-4-3-5-7-17/h3-14H,15-16H2,1-2H3. The fourth-order valence-corrected chi connectivity index (χ4v) is 3.93. The first-order valence-corrected chi connectivity index (χ1v) is 10.8. The number of hydrogen-bond acceptors (Lipinski definition) is 2. The van der Waals surface area contributed by atoms with Crippen LogP contribution in [0, 0.1) is 0 Å². The van der Waals surface area contributed by atoms with Crippen LogP contribution in [0.25, 0.3) is 11.1 Å². The van der Waals surface area contributed by atoms with Gasteiger partial charge in [0, 0.05) is 43.6 Å². The van der Waals surface area contributed by atoms with Crippen LogP contribution in [0.4, 0.5) is 13.2 Å². The number of rotatable bonds is 6. The van der Waals surface area contributed by atoms with E-state index in [1.807, 2.05) is 0 Å². The molecule has 176 valence electrons. The molecule has 2 heterocycles. The van der Waals surface area contributed by atoms with Crippen LogP contribution in [0.2, 0.25) is 5.02 Å². The van der Waals surface area contributed by atoms with Crippen LogP contribution in [-0.4, -0.2) is 32.0 Å². The molecule has 2 aromatic carbocycles. The van der Waals surface area contributed by atoms with Crippen LogP contribution < -0.4 is 0 Å². The Morgan fingerprint density at radius 2 is 1.76 bits per heavy atom. The van der Waals surface area contributed by atoms with E-state index in [4.69, 9.17) is 11.6 Å².